The van der Waals surface area contributed by atoms with E-state index in [-0.39, 0.29) is 48.1 Å². The van der Waals surface area contributed by atoms with Crippen molar-refractivity contribution in [2.75, 3.05) is 24.1 Å². The first-order valence-electron chi connectivity index (χ1n) is 6.18. The summed E-state index contributed by atoms with van der Waals surface area (Å²) in [6.45, 7) is 6.79. The van der Waals surface area contributed by atoms with Gasteiger partial charge >= 0.3 is 29.6 Å². The van der Waals surface area contributed by atoms with Crippen molar-refractivity contribution in [2.45, 2.75) is 27.2 Å². The molecule has 0 aliphatic carbocycles. The first-order chi connectivity index (χ1) is 8.65. The molecule has 0 aliphatic rings. The molecule has 0 atom stereocenters. The number of rotatable bonds is 6. The molecule has 0 N–H and O–H groups in total. The number of benzene rings is 1. The van der Waals surface area contributed by atoms with Crippen molar-refractivity contribution in [1.29, 1.82) is 0 Å². The first kappa shape index (κ1) is 18.9. The van der Waals surface area contributed by atoms with Crippen LogP contribution in [0.4, 0.5) is 5.69 Å². The Morgan fingerprint density at radius 3 is 2.58 bits per heavy atom. The van der Waals surface area contributed by atoms with E-state index in [1.165, 1.54) is 0 Å². The van der Waals surface area contributed by atoms with Crippen LogP contribution in [-0.2, 0) is 16.0 Å². The molecule has 3 nitrogen and oxygen atoms in total. The van der Waals surface area contributed by atoms with Crippen LogP contribution in [-0.4, -0.2) is 54.7 Å². The third-order valence-electron chi connectivity index (χ3n) is 2.81. The Kier molecular flexibility index (Phi) is 9.75. The summed E-state index contributed by atoms with van der Waals surface area (Å²) in [5.74, 6) is -0.168. The van der Waals surface area contributed by atoms with Crippen molar-refractivity contribution in [3.63, 3.8) is 0 Å². The van der Waals surface area contributed by atoms with Crippen molar-refractivity contribution in [3.8, 4) is 0 Å². The third kappa shape index (κ3) is 5.09. The van der Waals surface area contributed by atoms with Crippen molar-refractivity contribution in [3.05, 3.63) is 29.3 Å². The number of aryl methyl sites for hydroxylation is 2. The van der Waals surface area contributed by atoms with Gasteiger partial charge in [0.15, 0.2) is 0 Å². The van der Waals surface area contributed by atoms with Gasteiger partial charge in [0.2, 0.25) is 5.91 Å². The van der Waals surface area contributed by atoms with E-state index in [1.54, 1.807) is 4.90 Å². The summed E-state index contributed by atoms with van der Waals surface area (Å²) in [6, 6.07) is 6.03. The second-order valence-electron chi connectivity index (χ2n) is 4.01. The standard InChI is InChI=1S/C14H20ClNO2.Na.H/c1-4-12-8-6-7-11(3)14(12)16(10-18-5-2)13(17)9-15;;/h6-8H,4-5,9-10H2,1-3H3;;. The Morgan fingerprint density at radius 1 is 1.37 bits per heavy atom. The maximum absolute atomic E-state index is 12.0. The van der Waals surface area contributed by atoms with Gasteiger partial charge < -0.3 is 4.74 Å². The number of ether oxygens (including phenoxy) is 1. The number of amides is 1. The minimum absolute atomic E-state index is 0. The number of para-hydroxylation sites is 1. The number of nitrogens with zero attached hydrogens (tertiary/aromatic N) is 1. The van der Waals surface area contributed by atoms with Crippen LogP contribution in [0.3, 0.4) is 0 Å². The van der Waals surface area contributed by atoms with Gasteiger partial charge in [-0.05, 0) is 31.4 Å². The molecule has 5 heteroatoms. The van der Waals surface area contributed by atoms with E-state index >= 15 is 0 Å². The Labute approximate surface area is 142 Å². The van der Waals surface area contributed by atoms with E-state index in [2.05, 4.69) is 6.92 Å². The summed E-state index contributed by atoms with van der Waals surface area (Å²) in [6.07, 6.45) is 0.870. The van der Waals surface area contributed by atoms with Crippen LogP contribution in [0.15, 0.2) is 18.2 Å². The second-order valence-corrected chi connectivity index (χ2v) is 4.28. The molecule has 19 heavy (non-hydrogen) atoms. The minimum atomic E-state index is -0.130. The van der Waals surface area contributed by atoms with Gasteiger partial charge in [0.05, 0.1) is 5.69 Å². The molecule has 1 rings (SSSR count). The zero-order valence-corrected chi connectivity index (χ0v) is 12.0. The van der Waals surface area contributed by atoms with Gasteiger partial charge in [-0.25, -0.2) is 0 Å². The average molecular weight is 294 g/mol. The number of hydrogen-bond donors (Lipinski definition) is 0. The van der Waals surface area contributed by atoms with Crippen LogP contribution in [0.5, 0.6) is 0 Å². The van der Waals surface area contributed by atoms with Crippen LogP contribution in [0.2, 0.25) is 0 Å². The molecule has 0 unspecified atom stereocenters. The van der Waals surface area contributed by atoms with Crippen LogP contribution in [0, 0.1) is 6.92 Å². The third-order valence-corrected chi connectivity index (χ3v) is 3.04. The SMILES string of the molecule is CCOCN(C(=O)CCl)c1c(C)cccc1CC.[NaH]. The van der Waals surface area contributed by atoms with Crippen molar-refractivity contribution < 1.29 is 9.53 Å². The summed E-state index contributed by atoms with van der Waals surface area (Å²) < 4.78 is 5.37. The van der Waals surface area contributed by atoms with Crippen molar-refractivity contribution in [1.82, 2.24) is 0 Å². The van der Waals surface area contributed by atoms with E-state index in [9.17, 15) is 4.79 Å². The number of hydrogen-bond acceptors (Lipinski definition) is 2. The van der Waals surface area contributed by atoms with Gasteiger partial charge in [0.1, 0.15) is 12.6 Å². The number of carbonyl (C=O) groups is 1. The van der Waals surface area contributed by atoms with Crippen LogP contribution >= 0.6 is 11.6 Å². The summed E-state index contributed by atoms with van der Waals surface area (Å²) in [4.78, 5) is 13.6. The second kappa shape index (κ2) is 9.78. The molecule has 0 heterocycles. The normalized spacial score (nSPS) is 9.89. The molecule has 0 saturated heterocycles. The molecule has 0 saturated carbocycles. The average Bonchev–Trinajstić information content (AvgIpc) is 2.39. The van der Waals surface area contributed by atoms with Gasteiger partial charge in [-0.15, -0.1) is 11.6 Å². The quantitative estimate of drug-likeness (QED) is 0.458. The fourth-order valence-corrected chi connectivity index (χ4v) is 2.05. The van der Waals surface area contributed by atoms with E-state index in [0.717, 1.165) is 23.2 Å². The zero-order chi connectivity index (χ0) is 13.5. The van der Waals surface area contributed by atoms with Crippen molar-refractivity contribution >= 4 is 52.8 Å². The predicted octanol–water partition coefficient (Wildman–Crippen LogP) is 2.47. The molecule has 0 radical (unpaired) electrons. The van der Waals surface area contributed by atoms with Gasteiger partial charge in [0, 0.05) is 6.61 Å². The number of alkyl halides is 1. The first-order valence-corrected chi connectivity index (χ1v) is 6.71. The van der Waals surface area contributed by atoms with Crippen LogP contribution in [0.1, 0.15) is 25.0 Å². The van der Waals surface area contributed by atoms with E-state index in [4.69, 9.17) is 16.3 Å². The Morgan fingerprint density at radius 2 is 2.05 bits per heavy atom. The monoisotopic (exact) mass is 293 g/mol. The molecular weight excluding hydrogens is 273 g/mol. The van der Waals surface area contributed by atoms with E-state index < -0.39 is 0 Å². The number of anilines is 1. The van der Waals surface area contributed by atoms with Crippen molar-refractivity contribution in [2.24, 2.45) is 0 Å². The fraction of sp³-hybridized carbons (Fsp3) is 0.500. The molecule has 0 bridgehead atoms. The molecular formula is C14H21ClNNaO2. The summed E-state index contributed by atoms with van der Waals surface area (Å²) >= 11 is 5.68. The number of carbonyl (C=O) groups excluding carboxylic acids is 1. The molecule has 102 valence electrons. The molecule has 0 fully saturated rings. The summed E-state index contributed by atoms with van der Waals surface area (Å²) in [5, 5.41) is 0. The molecule has 0 spiro atoms. The topological polar surface area (TPSA) is 29.5 Å². The predicted molar refractivity (Wildman–Crippen MR) is 82.4 cm³/mol. The molecule has 0 aliphatic heterocycles. The van der Waals surface area contributed by atoms with E-state index in [0.29, 0.717) is 6.61 Å². The summed E-state index contributed by atoms with van der Waals surface area (Å²) in [7, 11) is 0. The van der Waals surface area contributed by atoms with Gasteiger partial charge in [0.25, 0.3) is 0 Å². The molecule has 1 aromatic rings. The van der Waals surface area contributed by atoms with E-state index in [1.807, 2.05) is 32.0 Å². The Bertz CT molecular complexity index is 412. The molecule has 1 amide bonds. The van der Waals surface area contributed by atoms with Gasteiger partial charge in [-0.2, -0.15) is 0 Å². The Hall–Kier alpha value is -0.0600. The fourth-order valence-electron chi connectivity index (χ4n) is 1.91. The van der Waals surface area contributed by atoms with Crippen LogP contribution in [0.25, 0.3) is 0 Å². The number of halogens is 1. The van der Waals surface area contributed by atoms with Gasteiger partial charge in [-0.1, -0.05) is 25.1 Å². The molecule has 1 aromatic carbocycles. The maximum atomic E-state index is 12.0. The zero-order valence-electron chi connectivity index (χ0n) is 11.2. The Balaban J connectivity index is 0.00000324. The van der Waals surface area contributed by atoms with Crippen LogP contribution < -0.4 is 4.90 Å². The molecule has 0 aromatic heterocycles. The van der Waals surface area contributed by atoms with Gasteiger partial charge in [-0.3, -0.25) is 9.69 Å². The summed E-state index contributed by atoms with van der Waals surface area (Å²) in [5.41, 5.74) is 3.12.